The summed E-state index contributed by atoms with van der Waals surface area (Å²) in [6.45, 7) is 1.54. The van der Waals surface area contributed by atoms with Gasteiger partial charge >= 0.3 is 0 Å². The zero-order valence-electron chi connectivity index (χ0n) is 15.1. The molecule has 1 aliphatic heterocycles. The number of nitrogens with zero attached hydrogens (tertiary/aromatic N) is 6. The molecule has 3 N–H and O–H groups in total. The molecular weight excluding hydrogens is 406 g/mol. The molecule has 1 fully saturated rings. The first-order chi connectivity index (χ1) is 13.8. The fourth-order valence-electron chi connectivity index (χ4n) is 3.28. The molecule has 0 bridgehead atoms. The van der Waals surface area contributed by atoms with Crippen molar-refractivity contribution in [2.75, 3.05) is 24.5 Å². The summed E-state index contributed by atoms with van der Waals surface area (Å²) in [5.41, 5.74) is 1.04. The molecule has 0 spiro atoms. The van der Waals surface area contributed by atoms with Gasteiger partial charge in [0.2, 0.25) is 0 Å². The molecule has 29 heavy (non-hydrogen) atoms. The number of nitrogens with one attached hydrogen (secondary N) is 1. The first-order valence-corrected chi connectivity index (χ1v) is 10.3. The van der Waals surface area contributed by atoms with Crippen LogP contribution < -0.4 is 14.8 Å². The Kier molecular flexibility index (Phi) is 5.10. The second kappa shape index (κ2) is 7.57. The summed E-state index contributed by atoms with van der Waals surface area (Å²) in [6.07, 6.45) is 0.989. The molecule has 1 atom stereocenters. The lowest BCUT2D eigenvalue weighted by Crippen LogP contribution is -2.35. The molecular formula is C16H18F2N8O2S. The monoisotopic (exact) mass is 424 g/mol. The van der Waals surface area contributed by atoms with Crippen molar-refractivity contribution in [2.24, 2.45) is 11.1 Å². The van der Waals surface area contributed by atoms with Gasteiger partial charge < -0.3 is 4.90 Å². The van der Waals surface area contributed by atoms with E-state index in [0.717, 1.165) is 6.42 Å². The maximum atomic E-state index is 13.0. The molecule has 4 rings (SSSR count). The maximum absolute atomic E-state index is 13.0. The van der Waals surface area contributed by atoms with Gasteiger partial charge in [-0.3, -0.25) is 0 Å². The molecule has 0 radical (unpaired) electrons. The average molecular weight is 424 g/mol. The summed E-state index contributed by atoms with van der Waals surface area (Å²) < 4.78 is 51.8. The summed E-state index contributed by atoms with van der Waals surface area (Å²) in [4.78, 5) is 14.7. The lowest BCUT2D eigenvalue weighted by atomic mass is 10.1. The van der Waals surface area contributed by atoms with Crippen molar-refractivity contribution in [3.05, 3.63) is 36.4 Å². The normalized spacial score (nSPS) is 17.5. The molecule has 1 aliphatic rings. The Bertz CT molecular complexity index is 1140. The van der Waals surface area contributed by atoms with Crippen LogP contribution in [0.25, 0.3) is 17.0 Å². The van der Waals surface area contributed by atoms with Crippen LogP contribution in [-0.4, -0.2) is 52.6 Å². The van der Waals surface area contributed by atoms with Crippen molar-refractivity contribution >= 4 is 21.7 Å². The Morgan fingerprint density at radius 3 is 2.86 bits per heavy atom. The fourth-order valence-corrected chi connectivity index (χ4v) is 3.75. The van der Waals surface area contributed by atoms with E-state index in [0.29, 0.717) is 35.9 Å². The van der Waals surface area contributed by atoms with Crippen molar-refractivity contribution in [3.63, 3.8) is 0 Å². The first kappa shape index (κ1) is 19.5. The van der Waals surface area contributed by atoms with Crippen LogP contribution in [0.4, 0.5) is 14.6 Å². The third kappa shape index (κ3) is 4.31. The molecule has 154 valence electrons. The molecule has 3 aromatic heterocycles. The third-order valence-corrected chi connectivity index (χ3v) is 5.27. The van der Waals surface area contributed by atoms with Gasteiger partial charge in [-0.1, -0.05) is 0 Å². The zero-order valence-corrected chi connectivity index (χ0v) is 15.9. The van der Waals surface area contributed by atoms with Gasteiger partial charge in [-0.05, 0) is 24.5 Å². The molecule has 4 heterocycles. The summed E-state index contributed by atoms with van der Waals surface area (Å²) >= 11 is 0. The highest BCUT2D eigenvalue weighted by molar-refractivity contribution is 7.87. The number of halogens is 2. The van der Waals surface area contributed by atoms with Crippen molar-refractivity contribution in [2.45, 2.75) is 12.8 Å². The van der Waals surface area contributed by atoms with Gasteiger partial charge in [0.15, 0.2) is 5.65 Å². The van der Waals surface area contributed by atoms with E-state index in [1.54, 1.807) is 6.07 Å². The molecule has 0 amide bonds. The molecule has 1 unspecified atom stereocenters. The number of aromatic nitrogens is 5. The predicted octanol–water partition coefficient (Wildman–Crippen LogP) is 0.743. The van der Waals surface area contributed by atoms with Crippen LogP contribution in [0.15, 0.2) is 30.7 Å². The van der Waals surface area contributed by atoms with Crippen LogP contribution in [0.1, 0.15) is 18.5 Å². The van der Waals surface area contributed by atoms with E-state index in [-0.39, 0.29) is 18.2 Å². The molecule has 0 aromatic carbocycles. The summed E-state index contributed by atoms with van der Waals surface area (Å²) in [5, 5.41) is 8.92. The Balaban J connectivity index is 1.57. The molecule has 1 saturated heterocycles. The second-order valence-electron chi connectivity index (χ2n) is 6.73. The quantitative estimate of drug-likeness (QED) is 0.597. The van der Waals surface area contributed by atoms with Crippen molar-refractivity contribution in [3.8, 4) is 11.4 Å². The number of imidazole rings is 1. The number of hydrogen-bond acceptors (Lipinski definition) is 7. The predicted molar refractivity (Wildman–Crippen MR) is 100 cm³/mol. The number of anilines is 1. The lowest BCUT2D eigenvalue weighted by Gasteiger charge is -2.18. The van der Waals surface area contributed by atoms with Crippen LogP contribution >= 0.6 is 0 Å². The number of hydrogen-bond donors (Lipinski definition) is 2. The largest absolute Gasteiger partial charge is 0.356 e. The van der Waals surface area contributed by atoms with Crippen LogP contribution in [0.5, 0.6) is 0 Å². The van der Waals surface area contributed by atoms with E-state index in [4.69, 9.17) is 5.14 Å². The minimum Gasteiger partial charge on any atom is -0.356 e. The van der Waals surface area contributed by atoms with E-state index in [9.17, 15) is 17.2 Å². The van der Waals surface area contributed by atoms with Crippen molar-refractivity contribution < 1.29 is 17.2 Å². The molecule has 10 nitrogen and oxygen atoms in total. The Morgan fingerprint density at radius 1 is 1.28 bits per heavy atom. The fraction of sp³-hybridized carbons (Fsp3) is 0.375. The van der Waals surface area contributed by atoms with Gasteiger partial charge in [0.1, 0.15) is 23.5 Å². The van der Waals surface area contributed by atoms with E-state index >= 15 is 0 Å². The summed E-state index contributed by atoms with van der Waals surface area (Å²) in [5.74, 6) is 0.742. The highest BCUT2D eigenvalue weighted by Gasteiger charge is 2.25. The molecule has 0 saturated carbocycles. The first-order valence-electron chi connectivity index (χ1n) is 8.78. The summed E-state index contributed by atoms with van der Waals surface area (Å²) in [6, 6.07) is 4.45. The van der Waals surface area contributed by atoms with Gasteiger partial charge in [-0.2, -0.15) is 13.5 Å². The molecule has 13 heteroatoms. The topological polar surface area (TPSA) is 131 Å². The van der Waals surface area contributed by atoms with Gasteiger partial charge in [0, 0.05) is 25.7 Å². The lowest BCUT2D eigenvalue weighted by molar-refractivity contribution is 0.144. The third-order valence-electron chi connectivity index (χ3n) is 4.70. The average Bonchev–Trinajstić information content (AvgIpc) is 3.32. The minimum atomic E-state index is -3.72. The number of nitrogens with two attached hydrogens (primary N) is 1. The van der Waals surface area contributed by atoms with E-state index in [2.05, 4.69) is 24.8 Å². The Morgan fingerprint density at radius 2 is 2.10 bits per heavy atom. The van der Waals surface area contributed by atoms with Crippen molar-refractivity contribution in [1.82, 2.24) is 29.3 Å². The van der Waals surface area contributed by atoms with Crippen LogP contribution in [0, 0.1) is 5.92 Å². The maximum Gasteiger partial charge on any atom is 0.282 e. The molecule has 3 aromatic rings. The van der Waals surface area contributed by atoms with Crippen molar-refractivity contribution in [1.29, 1.82) is 0 Å². The van der Waals surface area contributed by atoms with Gasteiger partial charge in [-0.25, -0.2) is 38.1 Å². The number of rotatable bonds is 6. The number of fused-ring (bicyclic) bond motifs is 1. The van der Waals surface area contributed by atoms with E-state index in [1.807, 2.05) is 4.90 Å². The van der Waals surface area contributed by atoms with Gasteiger partial charge in [0.25, 0.3) is 16.6 Å². The van der Waals surface area contributed by atoms with Gasteiger partial charge in [0.05, 0.1) is 11.9 Å². The van der Waals surface area contributed by atoms with Crippen LogP contribution in [0.3, 0.4) is 0 Å². The minimum absolute atomic E-state index is 0.0952. The SMILES string of the molecule is NS(=O)(=O)NCC1CCN(c2cc(-c3cnc4ccc(C(F)F)nn34)ncn2)C1. The molecule has 0 aliphatic carbocycles. The Hall–Kier alpha value is -2.77. The highest BCUT2D eigenvalue weighted by Crippen LogP contribution is 2.26. The second-order valence-corrected chi connectivity index (χ2v) is 8.11. The highest BCUT2D eigenvalue weighted by atomic mass is 32.2. The van der Waals surface area contributed by atoms with Gasteiger partial charge in [-0.15, -0.1) is 0 Å². The number of alkyl halides is 2. The Labute approximate surface area is 165 Å². The van der Waals surface area contributed by atoms with E-state index < -0.39 is 16.6 Å². The summed E-state index contributed by atoms with van der Waals surface area (Å²) in [7, 11) is -3.72. The van der Waals surface area contributed by atoms with Crippen LogP contribution in [0.2, 0.25) is 0 Å². The smallest absolute Gasteiger partial charge is 0.282 e. The van der Waals surface area contributed by atoms with Crippen LogP contribution in [-0.2, 0) is 10.2 Å². The standard InChI is InChI=1S/C16H18F2N8O2S/c17-16(18)11-1-2-14-20-7-13(26(14)24-11)12-5-15(22-9-21-12)25-4-3-10(8-25)6-23-29(19,27)28/h1-2,5,7,9-10,16,23H,3-4,6,8H2,(H2,19,27,28). The van der Waals surface area contributed by atoms with E-state index in [1.165, 1.54) is 29.2 Å². The zero-order chi connectivity index (χ0) is 20.6.